The van der Waals surface area contributed by atoms with Crippen molar-refractivity contribution in [1.82, 2.24) is 14.5 Å². The van der Waals surface area contributed by atoms with Crippen LogP contribution in [0.3, 0.4) is 0 Å². The second-order valence-electron chi connectivity index (χ2n) is 7.37. The van der Waals surface area contributed by atoms with E-state index in [1.807, 2.05) is 38.3 Å². The maximum atomic E-state index is 4.91. The highest BCUT2D eigenvalue weighted by Crippen LogP contribution is 2.32. The fourth-order valence-electron chi connectivity index (χ4n) is 3.60. The topological polar surface area (TPSA) is 55.1 Å². The molecule has 0 saturated carbocycles. The minimum atomic E-state index is 0.322. The van der Waals surface area contributed by atoms with Gasteiger partial charge in [0.2, 0.25) is 0 Å². The molecule has 1 unspecified atom stereocenters. The van der Waals surface area contributed by atoms with Gasteiger partial charge in [0.25, 0.3) is 0 Å². The van der Waals surface area contributed by atoms with Crippen molar-refractivity contribution in [3.8, 4) is 11.1 Å². The summed E-state index contributed by atoms with van der Waals surface area (Å²) in [7, 11) is 0. The summed E-state index contributed by atoms with van der Waals surface area (Å²) in [6.45, 7) is 13.3. The lowest BCUT2D eigenvalue weighted by Gasteiger charge is -2.20. The summed E-state index contributed by atoms with van der Waals surface area (Å²) in [5.74, 6) is 0.804. The first kappa shape index (κ1) is 18.2. The van der Waals surface area contributed by atoms with Crippen molar-refractivity contribution in [2.75, 3.05) is 18.4 Å². The Morgan fingerprint density at radius 2 is 2.21 bits per heavy atom. The van der Waals surface area contributed by atoms with Crippen LogP contribution in [0, 0.1) is 6.92 Å². The lowest BCUT2D eigenvalue weighted by molar-refractivity contribution is 0.510. The SMILES string of the molecule is C=CCC1CN=Cc2cc(-c3cccc4nc(C)c(NCC(=C)C)nc34)cn21. The van der Waals surface area contributed by atoms with Crippen molar-refractivity contribution >= 4 is 23.1 Å². The van der Waals surface area contributed by atoms with E-state index in [2.05, 4.69) is 46.4 Å². The first-order valence-electron chi connectivity index (χ1n) is 9.55. The van der Waals surface area contributed by atoms with Crippen molar-refractivity contribution in [2.45, 2.75) is 26.3 Å². The summed E-state index contributed by atoms with van der Waals surface area (Å²) >= 11 is 0. The van der Waals surface area contributed by atoms with E-state index in [4.69, 9.17) is 9.97 Å². The van der Waals surface area contributed by atoms with Crippen LogP contribution in [0.25, 0.3) is 22.2 Å². The molecule has 5 nitrogen and oxygen atoms in total. The van der Waals surface area contributed by atoms with Crippen LogP contribution in [0.2, 0.25) is 0 Å². The van der Waals surface area contributed by atoms with E-state index in [1.54, 1.807) is 0 Å². The van der Waals surface area contributed by atoms with Crippen molar-refractivity contribution in [1.29, 1.82) is 0 Å². The molecule has 1 atom stereocenters. The van der Waals surface area contributed by atoms with Crippen molar-refractivity contribution in [2.24, 2.45) is 4.99 Å². The second kappa shape index (κ2) is 7.43. The maximum Gasteiger partial charge on any atom is 0.148 e. The molecular formula is C23H25N5. The number of aliphatic imine (C=N–C) groups is 1. The Kier molecular flexibility index (Phi) is 4.82. The molecule has 1 N–H and O–H groups in total. The Hall–Kier alpha value is -3.21. The van der Waals surface area contributed by atoms with Crippen LogP contribution in [0.5, 0.6) is 0 Å². The molecule has 0 saturated heterocycles. The molecule has 1 aromatic carbocycles. The van der Waals surface area contributed by atoms with Crippen LogP contribution in [-0.4, -0.2) is 33.8 Å². The first-order chi connectivity index (χ1) is 13.6. The molecule has 0 spiro atoms. The van der Waals surface area contributed by atoms with Gasteiger partial charge in [0, 0.05) is 30.1 Å². The van der Waals surface area contributed by atoms with E-state index in [0.29, 0.717) is 12.6 Å². The zero-order valence-electron chi connectivity index (χ0n) is 16.4. The molecular weight excluding hydrogens is 346 g/mol. The zero-order valence-corrected chi connectivity index (χ0v) is 16.4. The van der Waals surface area contributed by atoms with Gasteiger partial charge >= 0.3 is 0 Å². The third-order valence-corrected chi connectivity index (χ3v) is 4.99. The lowest BCUT2D eigenvalue weighted by Crippen LogP contribution is -2.17. The summed E-state index contributed by atoms with van der Waals surface area (Å²) in [5, 5.41) is 3.35. The summed E-state index contributed by atoms with van der Waals surface area (Å²) in [6.07, 6.45) is 7.01. The summed E-state index contributed by atoms with van der Waals surface area (Å²) in [6, 6.07) is 8.66. The van der Waals surface area contributed by atoms with Crippen molar-refractivity contribution < 1.29 is 0 Å². The molecule has 28 heavy (non-hydrogen) atoms. The molecule has 5 heteroatoms. The monoisotopic (exact) mass is 371 g/mol. The number of nitrogens with one attached hydrogen (secondary N) is 1. The van der Waals surface area contributed by atoms with Crippen LogP contribution in [0.1, 0.15) is 30.8 Å². The Balaban J connectivity index is 1.81. The largest absolute Gasteiger partial charge is 0.365 e. The Labute approximate surface area is 165 Å². The first-order valence-corrected chi connectivity index (χ1v) is 9.55. The van der Waals surface area contributed by atoms with Gasteiger partial charge in [0.05, 0.1) is 35.0 Å². The van der Waals surface area contributed by atoms with E-state index in [0.717, 1.165) is 57.9 Å². The number of benzene rings is 1. The van der Waals surface area contributed by atoms with Gasteiger partial charge in [-0.15, -0.1) is 6.58 Å². The Morgan fingerprint density at radius 3 is 3.00 bits per heavy atom. The van der Waals surface area contributed by atoms with Gasteiger partial charge in [0.15, 0.2) is 0 Å². The van der Waals surface area contributed by atoms with Crippen LogP contribution in [0.4, 0.5) is 5.82 Å². The summed E-state index contributed by atoms with van der Waals surface area (Å²) in [4.78, 5) is 14.2. The van der Waals surface area contributed by atoms with Gasteiger partial charge in [-0.05, 0) is 32.4 Å². The van der Waals surface area contributed by atoms with E-state index in [1.165, 1.54) is 0 Å². The average Bonchev–Trinajstić information content (AvgIpc) is 3.11. The van der Waals surface area contributed by atoms with E-state index >= 15 is 0 Å². The quantitative estimate of drug-likeness (QED) is 0.624. The van der Waals surface area contributed by atoms with Crippen LogP contribution in [0.15, 0.2) is 60.3 Å². The van der Waals surface area contributed by atoms with Gasteiger partial charge in [-0.2, -0.15) is 0 Å². The standard InChI is InChI=1S/C23H25N5/c1-5-7-18-12-24-13-19-10-17(14-28(18)19)20-8-6-9-21-22(20)27-23(16(4)26-21)25-11-15(2)3/h5-6,8-10,13-14,18H,1-2,7,11-12H2,3-4H3,(H,25,27). The normalized spacial score (nSPS) is 15.4. The maximum absolute atomic E-state index is 4.91. The third-order valence-electron chi connectivity index (χ3n) is 4.99. The Morgan fingerprint density at radius 1 is 1.36 bits per heavy atom. The van der Waals surface area contributed by atoms with Crippen LogP contribution in [-0.2, 0) is 0 Å². The highest BCUT2D eigenvalue weighted by molar-refractivity contribution is 5.94. The molecule has 0 aliphatic carbocycles. The smallest absolute Gasteiger partial charge is 0.148 e. The number of para-hydroxylation sites is 1. The van der Waals surface area contributed by atoms with E-state index in [-0.39, 0.29) is 0 Å². The average molecular weight is 371 g/mol. The molecule has 1 aliphatic rings. The number of aryl methyl sites for hydroxylation is 1. The van der Waals surface area contributed by atoms with Gasteiger partial charge in [0.1, 0.15) is 5.82 Å². The fraction of sp³-hybridized carbons (Fsp3) is 0.261. The molecule has 0 radical (unpaired) electrons. The fourth-order valence-corrected chi connectivity index (χ4v) is 3.60. The highest BCUT2D eigenvalue weighted by Gasteiger charge is 2.19. The summed E-state index contributed by atoms with van der Waals surface area (Å²) < 4.78 is 2.30. The number of nitrogens with zero attached hydrogens (tertiary/aromatic N) is 4. The number of rotatable bonds is 6. The minimum Gasteiger partial charge on any atom is -0.365 e. The lowest BCUT2D eigenvalue weighted by atomic mass is 10.1. The number of hydrogen-bond donors (Lipinski definition) is 1. The number of anilines is 1. The predicted molar refractivity (Wildman–Crippen MR) is 117 cm³/mol. The third kappa shape index (κ3) is 3.36. The molecule has 0 amide bonds. The van der Waals surface area contributed by atoms with Crippen LogP contribution >= 0.6 is 0 Å². The summed E-state index contributed by atoms with van der Waals surface area (Å²) in [5.41, 5.74) is 7.07. The number of hydrogen-bond acceptors (Lipinski definition) is 4. The molecule has 142 valence electrons. The molecule has 0 fully saturated rings. The predicted octanol–water partition coefficient (Wildman–Crippen LogP) is 4.94. The molecule has 4 rings (SSSR count). The van der Waals surface area contributed by atoms with Crippen molar-refractivity contribution in [3.63, 3.8) is 0 Å². The number of fused-ring (bicyclic) bond motifs is 2. The molecule has 3 heterocycles. The zero-order chi connectivity index (χ0) is 19.7. The van der Waals surface area contributed by atoms with Gasteiger partial charge in [-0.1, -0.05) is 30.4 Å². The van der Waals surface area contributed by atoms with E-state index < -0.39 is 0 Å². The second-order valence-corrected chi connectivity index (χ2v) is 7.37. The van der Waals surface area contributed by atoms with Crippen LogP contribution < -0.4 is 5.32 Å². The van der Waals surface area contributed by atoms with Gasteiger partial charge in [-0.3, -0.25) is 4.99 Å². The number of allylic oxidation sites excluding steroid dienone is 1. The minimum absolute atomic E-state index is 0.322. The molecule has 0 bridgehead atoms. The highest BCUT2D eigenvalue weighted by atomic mass is 15.1. The van der Waals surface area contributed by atoms with Crippen molar-refractivity contribution in [3.05, 3.63) is 66.7 Å². The molecule has 2 aromatic heterocycles. The van der Waals surface area contributed by atoms with Gasteiger partial charge in [-0.25, -0.2) is 9.97 Å². The Bertz CT molecular complexity index is 1090. The number of aromatic nitrogens is 3. The van der Waals surface area contributed by atoms with Gasteiger partial charge < -0.3 is 9.88 Å². The van der Waals surface area contributed by atoms with E-state index in [9.17, 15) is 0 Å². The molecule has 1 aliphatic heterocycles. The molecule has 3 aromatic rings.